The van der Waals surface area contributed by atoms with E-state index in [-0.39, 0.29) is 0 Å². The van der Waals surface area contributed by atoms with E-state index in [4.69, 9.17) is 0 Å². The Bertz CT molecular complexity index is 417. The van der Waals surface area contributed by atoms with Gasteiger partial charge in [-0.05, 0) is 44.1 Å². The second-order valence-electron chi connectivity index (χ2n) is 5.20. The van der Waals surface area contributed by atoms with Gasteiger partial charge in [-0.1, -0.05) is 12.5 Å². The van der Waals surface area contributed by atoms with Crippen LogP contribution in [0.3, 0.4) is 0 Å². The second kappa shape index (κ2) is 6.58. The van der Waals surface area contributed by atoms with Crippen LogP contribution in [-0.4, -0.2) is 10.4 Å². The number of aromatic nitrogens is 1. The van der Waals surface area contributed by atoms with Crippen LogP contribution < -0.4 is 0 Å². The number of carbonyl (C=O) groups excluding carboxylic acids is 1. The molecule has 1 aromatic heterocycles. The molecule has 0 N–H and O–H groups in total. The molecule has 1 aliphatic rings. The zero-order valence-electron chi connectivity index (χ0n) is 11.2. The van der Waals surface area contributed by atoms with Gasteiger partial charge < -0.3 is 4.57 Å². The summed E-state index contributed by atoms with van der Waals surface area (Å²) in [7, 11) is 0. The van der Waals surface area contributed by atoms with Crippen LogP contribution in [-0.2, 0) is 13.0 Å². The molecule has 2 rings (SSSR count). The first-order chi connectivity index (χ1) is 8.81. The lowest BCUT2D eigenvalue weighted by Gasteiger charge is -2.02. The Morgan fingerprint density at radius 1 is 1.17 bits per heavy atom. The molecule has 1 heterocycles. The van der Waals surface area contributed by atoms with E-state index in [2.05, 4.69) is 23.5 Å². The molecule has 2 nitrogen and oxygen atoms in total. The van der Waals surface area contributed by atoms with Gasteiger partial charge in [0.2, 0.25) is 0 Å². The van der Waals surface area contributed by atoms with Crippen LogP contribution in [0.15, 0.2) is 25.0 Å². The van der Waals surface area contributed by atoms with Gasteiger partial charge in [-0.3, -0.25) is 4.79 Å². The average molecular weight is 245 g/mol. The largest absolute Gasteiger partial charge is 0.353 e. The maximum absolute atomic E-state index is 11.9. The van der Waals surface area contributed by atoms with Gasteiger partial charge in [0.25, 0.3) is 0 Å². The predicted octanol–water partition coefficient (Wildman–Crippen LogP) is 4.14. The monoisotopic (exact) mass is 245 g/mol. The van der Waals surface area contributed by atoms with E-state index in [1.165, 1.54) is 24.8 Å². The van der Waals surface area contributed by atoms with Gasteiger partial charge in [0.05, 0.1) is 0 Å². The summed E-state index contributed by atoms with van der Waals surface area (Å²) in [5, 5.41) is 0. The Hall–Kier alpha value is -1.31. The average Bonchev–Trinajstić information content (AvgIpc) is 2.70. The summed E-state index contributed by atoms with van der Waals surface area (Å²) >= 11 is 0. The van der Waals surface area contributed by atoms with Gasteiger partial charge in [-0.15, -0.1) is 6.58 Å². The number of Topliss-reactive ketones (excluding diaryl/α,β-unsaturated/α-hetero) is 1. The van der Waals surface area contributed by atoms with Crippen molar-refractivity contribution in [3.8, 4) is 0 Å². The number of ketones is 1. The van der Waals surface area contributed by atoms with Gasteiger partial charge in [0.15, 0.2) is 5.78 Å². The standard InChI is InChI=1S/C16H23NO/c1-2-3-4-5-8-11-17-12-14-9-6-7-10-16(18)15(14)13-17/h2,12-13H,1,3-11H2. The molecular formula is C16H23NO. The molecule has 0 amide bonds. The third-order valence-corrected chi connectivity index (χ3v) is 3.69. The number of allylic oxidation sites excluding steroid dienone is 1. The molecule has 0 spiro atoms. The molecule has 18 heavy (non-hydrogen) atoms. The summed E-state index contributed by atoms with van der Waals surface area (Å²) in [6.07, 6.45) is 15.0. The van der Waals surface area contributed by atoms with E-state index in [0.717, 1.165) is 44.2 Å². The number of unbranched alkanes of at least 4 members (excludes halogenated alkanes) is 3. The van der Waals surface area contributed by atoms with E-state index >= 15 is 0 Å². The maximum atomic E-state index is 11.9. The van der Waals surface area contributed by atoms with E-state index < -0.39 is 0 Å². The molecule has 0 aromatic carbocycles. The number of fused-ring (bicyclic) bond motifs is 1. The third kappa shape index (κ3) is 3.34. The zero-order valence-corrected chi connectivity index (χ0v) is 11.2. The van der Waals surface area contributed by atoms with Gasteiger partial charge in [-0.25, -0.2) is 0 Å². The fraction of sp³-hybridized carbons (Fsp3) is 0.562. The van der Waals surface area contributed by atoms with E-state index in [1.54, 1.807) is 0 Å². The number of aryl methyl sites for hydroxylation is 2. The Kier molecular flexibility index (Phi) is 4.80. The summed E-state index contributed by atoms with van der Waals surface area (Å²) < 4.78 is 2.21. The van der Waals surface area contributed by atoms with Crippen LogP contribution in [0.2, 0.25) is 0 Å². The molecule has 0 saturated heterocycles. The zero-order chi connectivity index (χ0) is 12.8. The number of hydrogen-bond acceptors (Lipinski definition) is 1. The van der Waals surface area contributed by atoms with Crippen molar-refractivity contribution in [2.45, 2.75) is 57.9 Å². The van der Waals surface area contributed by atoms with E-state index in [9.17, 15) is 4.79 Å². The molecule has 0 atom stereocenters. The second-order valence-corrected chi connectivity index (χ2v) is 5.20. The minimum Gasteiger partial charge on any atom is -0.353 e. The fourth-order valence-corrected chi connectivity index (χ4v) is 2.63. The van der Waals surface area contributed by atoms with Gasteiger partial charge >= 0.3 is 0 Å². The molecule has 0 saturated carbocycles. The lowest BCUT2D eigenvalue weighted by atomic mass is 10.1. The van der Waals surface area contributed by atoms with Crippen molar-refractivity contribution >= 4 is 5.78 Å². The first-order valence-electron chi connectivity index (χ1n) is 7.14. The van der Waals surface area contributed by atoms with Crippen LogP contribution in [0.5, 0.6) is 0 Å². The highest BCUT2D eigenvalue weighted by atomic mass is 16.1. The molecule has 2 heteroatoms. The van der Waals surface area contributed by atoms with Gasteiger partial charge in [0, 0.05) is 30.9 Å². The Morgan fingerprint density at radius 2 is 2.00 bits per heavy atom. The lowest BCUT2D eigenvalue weighted by Crippen LogP contribution is -1.98. The molecule has 0 radical (unpaired) electrons. The molecule has 98 valence electrons. The van der Waals surface area contributed by atoms with Crippen molar-refractivity contribution in [3.63, 3.8) is 0 Å². The first-order valence-corrected chi connectivity index (χ1v) is 7.14. The van der Waals surface area contributed by atoms with Crippen molar-refractivity contribution in [2.24, 2.45) is 0 Å². The van der Waals surface area contributed by atoms with Crippen LogP contribution in [0, 0.1) is 0 Å². The topological polar surface area (TPSA) is 22.0 Å². The smallest absolute Gasteiger partial charge is 0.164 e. The summed E-state index contributed by atoms with van der Waals surface area (Å²) in [5.41, 5.74) is 2.25. The maximum Gasteiger partial charge on any atom is 0.164 e. The fourth-order valence-electron chi connectivity index (χ4n) is 2.63. The van der Waals surface area contributed by atoms with Gasteiger partial charge in [0.1, 0.15) is 0 Å². The van der Waals surface area contributed by atoms with Crippen molar-refractivity contribution in [1.82, 2.24) is 4.57 Å². The highest BCUT2D eigenvalue weighted by Gasteiger charge is 2.17. The Balaban J connectivity index is 1.89. The van der Waals surface area contributed by atoms with Crippen molar-refractivity contribution < 1.29 is 4.79 Å². The van der Waals surface area contributed by atoms with Crippen molar-refractivity contribution in [3.05, 3.63) is 36.2 Å². The number of rotatable bonds is 6. The van der Waals surface area contributed by atoms with E-state index in [0.29, 0.717) is 5.78 Å². The number of hydrogen-bond donors (Lipinski definition) is 0. The minimum absolute atomic E-state index is 0.341. The van der Waals surface area contributed by atoms with Crippen LogP contribution in [0.25, 0.3) is 0 Å². The summed E-state index contributed by atoms with van der Waals surface area (Å²) in [6, 6.07) is 0. The van der Waals surface area contributed by atoms with Crippen molar-refractivity contribution in [2.75, 3.05) is 0 Å². The number of nitrogens with zero attached hydrogens (tertiary/aromatic N) is 1. The molecule has 0 unspecified atom stereocenters. The lowest BCUT2D eigenvalue weighted by molar-refractivity contribution is 0.0982. The van der Waals surface area contributed by atoms with Crippen LogP contribution >= 0.6 is 0 Å². The summed E-state index contributed by atoms with van der Waals surface area (Å²) in [5.74, 6) is 0.341. The predicted molar refractivity (Wildman–Crippen MR) is 75.0 cm³/mol. The Morgan fingerprint density at radius 3 is 2.83 bits per heavy atom. The highest BCUT2D eigenvalue weighted by molar-refractivity contribution is 5.97. The van der Waals surface area contributed by atoms with Gasteiger partial charge in [-0.2, -0.15) is 0 Å². The van der Waals surface area contributed by atoms with Crippen LogP contribution in [0.4, 0.5) is 0 Å². The quantitative estimate of drug-likeness (QED) is 0.419. The first kappa shape index (κ1) is 13.1. The summed E-state index contributed by atoms with van der Waals surface area (Å²) in [4.78, 5) is 11.9. The molecule has 1 aromatic rings. The number of carbonyl (C=O) groups is 1. The Labute approximate surface area is 110 Å². The highest BCUT2D eigenvalue weighted by Crippen LogP contribution is 2.21. The molecule has 0 aliphatic heterocycles. The third-order valence-electron chi connectivity index (χ3n) is 3.69. The molecule has 1 aliphatic carbocycles. The SMILES string of the molecule is C=CCCCCCn1cc2c(c1)C(=O)CCCC2. The molecule has 0 bridgehead atoms. The molecular weight excluding hydrogens is 222 g/mol. The molecule has 0 fully saturated rings. The minimum atomic E-state index is 0.341. The van der Waals surface area contributed by atoms with E-state index in [1.807, 2.05) is 6.08 Å². The van der Waals surface area contributed by atoms with Crippen LogP contribution in [0.1, 0.15) is 60.9 Å². The normalized spacial score (nSPS) is 15.2. The summed E-state index contributed by atoms with van der Waals surface area (Å²) in [6.45, 7) is 4.77. The van der Waals surface area contributed by atoms with Crippen molar-refractivity contribution in [1.29, 1.82) is 0 Å².